The quantitative estimate of drug-likeness (QED) is 0.246. The van der Waals surface area contributed by atoms with E-state index >= 15 is 0 Å². The molecule has 3 rings (SSSR count). The second-order valence-electron chi connectivity index (χ2n) is 6.72. The number of hydrogen-bond acceptors (Lipinski definition) is 4. The average Bonchev–Trinajstić information content (AvgIpc) is 2.78. The van der Waals surface area contributed by atoms with E-state index in [9.17, 15) is 27.2 Å². The van der Waals surface area contributed by atoms with Crippen molar-refractivity contribution in [2.24, 2.45) is 5.10 Å². The Kier molecular flexibility index (Phi) is 7.39. The highest BCUT2D eigenvalue weighted by atomic mass is 19.4. The van der Waals surface area contributed by atoms with Crippen molar-refractivity contribution in [1.29, 1.82) is 0 Å². The molecule has 0 atom stereocenters. The van der Waals surface area contributed by atoms with E-state index in [0.29, 0.717) is 11.3 Å². The van der Waals surface area contributed by atoms with E-state index in [1.807, 2.05) is 5.43 Å². The number of amides is 2. The summed E-state index contributed by atoms with van der Waals surface area (Å²) in [4.78, 5) is 23.7. The molecule has 0 aliphatic carbocycles. The topological polar surface area (TPSA) is 79.8 Å². The first kappa shape index (κ1) is 23.5. The molecule has 2 amide bonds. The lowest BCUT2D eigenvalue weighted by Crippen LogP contribution is -2.32. The van der Waals surface area contributed by atoms with Crippen LogP contribution in [0.4, 0.5) is 23.2 Å². The Labute approximate surface area is 185 Å². The van der Waals surface area contributed by atoms with Gasteiger partial charge in [0.2, 0.25) is 0 Å². The molecule has 0 heterocycles. The highest BCUT2D eigenvalue weighted by Crippen LogP contribution is 2.29. The Morgan fingerprint density at radius 2 is 1.64 bits per heavy atom. The van der Waals surface area contributed by atoms with Crippen LogP contribution in [0.15, 0.2) is 77.9 Å². The normalized spacial score (nSPS) is 11.3. The van der Waals surface area contributed by atoms with E-state index in [-0.39, 0.29) is 18.1 Å². The summed E-state index contributed by atoms with van der Waals surface area (Å²) >= 11 is 0. The molecule has 0 aliphatic heterocycles. The summed E-state index contributed by atoms with van der Waals surface area (Å²) in [5, 5.41) is 5.87. The molecule has 0 saturated heterocycles. The molecule has 0 aliphatic rings. The Balaban J connectivity index is 1.50. The van der Waals surface area contributed by atoms with Crippen molar-refractivity contribution in [3.05, 3.63) is 95.3 Å². The van der Waals surface area contributed by atoms with Gasteiger partial charge in [-0.1, -0.05) is 24.3 Å². The number of halogens is 4. The molecule has 0 aromatic heterocycles. The number of carbonyl (C=O) groups is 2. The SMILES string of the molecule is O=C(N/N=C/c1cccc(OCc2ccc(F)cc2)c1)C(=O)Nc1ccc(C(F)(F)F)cc1. The molecule has 170 valence electrons. The summed E-state index contributed by atoms with van der Waals surface area (Å²) in [6.45, 7) is 0.224. The molecule has 0 fully saturated rings. The van der Waals surface area contributed by atoms with Gasteiger partial charge in [-0.3, -0.25) is 9.59 Å². The van der Waals surface area contributed by atoms with Gasteiger partial charge in [0, 0.05) is 5.69 Å². The fourth-order valence-electron chi connectivity index (χ4n) is 2.58. The number of benzene rings is 3. The van der Waals surface area contributed by atoms with Crippen molar-refractivity contribution in [2.75, 3.05) is 5.32 Å². The molecule has 0 bridgehead atoms. The summed E-state index contributed by atoms with van der Waals surface area (Å²) in [6, 6.07) is 16.2. The van der Waals surface area contributed by atoms with Crippen LogP contribution in [0.1, 0.15) is 16.7 Å². The number of nitrogens with one attached hydrogen (secondary N) is 2. The molecule has 33 heavy (non-hydrogen) atoms. The van der Waals surface area contributed by atoms with Gasteiger partial charge in [0.25, 0.3) is 0 Å². The van der Waals surface area contributed by atoms with E-state index in [1.54, 1.807) is 36.4 Å². The van der Waals surface area contributed by atoms with Gasteiger partial charge in [-0.25, -0.2) is 9.82 Å². The maximum atomic E-state index is 12.9. The van der Waals surface area contributed by atoms with E-state index in [0.717, 1.165) is 29.8 Å². The van der Waals surface area contributed by atoms with Crippen LogP contribution < -0.4 is 15.5 Å². The number of nitrogens with zero attached hydrogens (tertiary/aromatic N) is 1. The summed E-state index contributed by atoms with van der Waals surface area (Å²) in [7, 11) is 0. The fraction of sp³-hybridized carbons (Fsp3) is 0.0870. The smallest absolute Gasteiger partial charge is 0.416 e. The lowest BCUT2D eigenvalue weighted by Gasteiger charge is -2.08. The van der Waals surface area contributed by atoms with Crippen LogP contribution in [0.5, 0.6) is 5.75 Å². The average molecular weight is 459 g/mol. The second kappa shape index (κ2) is 10.4. The van der Waals surface area contributed by atoms with Crippen LogP contribution in [0.2, 0.25) is 0 Å². The van der Waals surface area contributed by atoms with E-state index in [1.165, 1.54) is 18.3 Å². The molecular weight excluding hydrogens is 442 g/mol. The first-order chi connectivity index (χ1) is 15.7. The number of hydrogen-bond donors (Lipinski definition) is 2. The molecule has 2 N–H and O–H groups in total. The standard InChI is InChI=1S/C23H17F4N3O3/c24-18-8-4-15(5-9-18)14-33-20-3-1-2-16(12-20)13-28-30-22(32)21(31)29-19-10-6-17(7-11-19)23(25,26)27/h1-13H,14H2,(H,29,31)(H,30,32)/b28-13+. The van der Waals surface area contributed by atoms with Crippen molar-refractivity contribution >= 4 is 23.7 Å². The number of rotatable bonds is 6. The van der Waals surface area contributed by atoms with Crippen LogP contribution in [0.3, 0.4) is 0 Å². The van der Waals surface area contributed by atoms with Gasteiger partial charge in [-0.05, 0) is 59.7 Å². The highest BCUT2D eigenvalue weighted by Gasteiger charge is 2.30. The summed E-state index contributed by atoms with van der Waals surface area (Å²) in [6.07, 6.45) is -3.22. The molecule has 0 unspecified atom stereocenters. The van der Waals surface area contributed by atoms with Crippen LogP contribution in [-0.4, -0.2) is 18.0 Å². The van der Waals surface area contributed by atoms with Crippen molar-refractivity contribution in [3.63, 3.8) is 0 Å². The zero-order valence-electron chi connectivity index (χ0n) is 16.9. The summed E-state index contributed by atoms with van der Waals surface area (Å²) < 4.78 is 56.3. The first-order valence-corrected chi connectivity index (χ1v) is 9.50. The Hall–Kier alpha value is -4.21. The molecule has 6 nitrogen and oxygen atoms in total. The second-order valence-corrected chi connectivity index (χ2v) is 6.72. The third-order valence-electron chi connectivity index (χ3n) is 4.23. The number of ether oxygens (including phenoxy) is 1. The van der Waals surface area contributed by atoms with Gasteiger partial charge in [-0.15, -0.1) is 0 Å². The lowest BCUT2D eigenvalue weighted by molar-refractivity contribution is -0.137. The van der Waals surface area contributed by atoms with Crippen molar-refractivity contribution in [3.8, 4) is 5.75 Å². The van der Waals surface area contributed by atoms with Crippen molar-refractivity contribution < 1.29 is 31.9 Å². The molecule has 3 aromatic rings. The number of hydrazone groups is 1. The van der Waals surface area contributed by atoms with Crippen LogP contribution >= 0.6 is 0 Å². The van der Waals surface area contributed by atoms with Gasteiger partial charge in [-0.2, -0.15) is 18.3 Å². The number of alkyl halides is 3. The van der Waals surface area contributed by atoms with E-state index in [4.69, 9.17) is 4.74 Å². The van der Waals surface area contributed by atoms with Crippen LogP contribution in [0, 0.1) is 5.82 Å². The molecule has 0 spiro atoms. The zero-order chi connectivity index (χ0) is 23.8. The fourth-order valence-corrected chi connectivity index (χ4v) is 2.58. The van der Waals surface area contributed by atoms with E-state index < -0.39 is 23.6 Å². The number of carbonyl (C=O) groups excluding carboxylic acids is 2. The maximum absolute atomic E-state index is 12.9. The zero-order valence-corrected chi connectivity index (χ0v) is 16.9. The Morgan fingerprint density at radius 1 is 0.939 bits per heavy atom. The van der Waals surface area contributed by atoms with Gasteiger partial charge in [0.15, 0.2) is 0 Å². The van der Waals surface area contributed by atoms with Gasteiger partial charge >= 0.3 is 18.0 Å². The molecular formula is C23H17F4N3O3. The van der Waals surface area contributed by atoms with Gasteiger partial charge in [0.1, 0.15) is 18.2 Å². The highest BCUT2D eigenvalue weighted by molar-refractivity contribution is 6.39. The predicted molar refractivity (Wildman–Crippen MR) is 113 cm³/mol. The van der Waals surface area contributed by atoms with Crippen LogP contribution in [-0.2, 0) is 22.4 Å². The van der Waals surface area contributed by atoms with Gasteiger partial charge in [0.05, 0.1) is 11.8 Å². The third kappa shape index (κ3) is 7.17. The third-order valence-corrected chi connectivity index (χ3v) is 4.23. The molecule has 0 radical (unpaired) electrons. The van der Waals surface area contributed by atoms with Crippen molar-refractivity contribution in [1.82, 2.24) is 5.43 Å². The Bertz CT molecular complexity index is 1140. The Morgan fingerprint density at radius 3 is 2.30 bits per heavy atom. The summed E-state index contributed by atoms with van der Waals surface area (Å²) in [5.41, 5.74) is 2.53. The largest absolute Gasteiger partial charge is 0.489 e. The number of anilines is 1. The first-order valence-electron chi connectivity index (χ1n) is 9.50. The monoisotopic (exact) mass is 459 g/mol. The van der Waals surface area contributed by atoms with Crippen molar-refractivity contribution in [2.45, 2.75) is 12.8 Å². The van der Waals surface area contributed by atoms with Crippen LogP contribution in [0.25, 0.3) is 0 Å². The minimum Gasteiger partial charge on any atom is -0.489 e. The summed E-state index contributed by atoms with van der Waals surface area (Å²) in [5.74, 6) is -2.03. The molecule has 0 saturated carbocycles. The minimum absolute atomic E-state index is 0.0261. The lowest BCUT2D eigenvalue weighted by atomic mass is 10.2. The maximum Gasteiger partial charge on any atom is 0.416 e. The minimum atomic E-state index is -4.50. The predicted octanol–water partition coefficient (Wildman–Crippen LogP) is 4.51. The molecule has 3 aromatic carbocycles. The molecule has 10 heteroatoms. The van der Waals surface area contributed by atoms with Gasteiger partial charge < -0.3 is 10.1 Å². The van der Waals surface area contributed by atoms with E-state index in [2.05, 4.69) is 10.4 Å².